The second kappa shape index (κ2) is 10.4. The Morgan fingerprint density at radius 3 is 2.89 bits per heavy atom. The largest absolute Gasteiger partial charge is 0.462 e. The maximum absolute atomic E-state index is 13.2. The van der Waals surface area contributed by atoms with E-state index in [1.165, 1.54) is 31.5 Å². The fourth-order valence-electron chi connectivity index (χ4n) is 4.68. The first-order valence-corrected chi connectivity index (χ1v) is 12.4. The number of hydrogen-bond donors (Lipinski definition) is 2. The van der Waals surface area contributed by atoms with Gasteiger partial charge in [-0.2, -0.15) is 0 Å². The highest BCUT2D eigenvalue weighted by Gasteiger charge is 2.37. The van der Waals surface area contributed by atoms with Gasteiger partial charge < -0.3 is 24.7 Å². The number of anilines is 1. The summed E-state index contributed by atoms with van der Waals surface area (Å²) >= 11 is 0. The Morgan fingerprint density at radius 2 is 2.11 bits per heavy atom. The Hall–Kier alpha value is -3.91. The highest BCUT2D eigenvalue weighted by molar-refractivity contribution is 6.26. The first-order valence-electron chi connectivity index (χ1n) is 12.4. The summed E-state index contributed by atoms with van der Waals surface area (Å²) in [6.45, 7) is 7.27. The predicted molar refractivity (Wildman–Crippen MR) is 138 cm³/mol. The number of carbonyl (C=O) groups excluding carboxylic acids is 2. The van der Waals surface area contributed by atoms with E-state index in [2.05, 4.69) is 32.3 Å². The molecule has 1 saturated heterocycles. The van der Waals surface area contributed by atoms with Gasteiger partial charge in [0.2, 0.25) is 11.7 Å². The summed E-state index contributed by atoms with van der Waals surface area (Å²) < 4.78 is 11.1. The van der Waals surface area contributed by atoms with E-state index in [9.17, 15) is 9.59 Å². The minimum absolute atomic E-state index is 0.0465. The molecule has 0 unspecified atom stereocenters. The van der Waals surface area contributed by atoms with Crippen LogP contribution in [0.15, 0.2) is 59.9 Å². The molecule has 2 aliphatic heterocycles. The summed E-state index contributed by atoms with van der Waals surface area (Å²) in [6, 6.07) is 9.89. The zero-order chi connectivity index (χ0) is 25.1. The van der Waals surface area contributed by atoms with Gasteiger partial charge in [0.25, 0.3) is 0 Å². The van der Waals surface area contributed by atoms with Crippen molar-refractivity contribution in [3.8, 4) is 0 Å². The van der Waals surface area contributed by atoms with E-state index in [1.807, 2.05) is 25.1 Å². The number of carbonyl (C=O) groups is 2. The van der Waals surface area contributed by atoms with E-state index in [-0.39, 0.29) is 23.8 Å². The number of benzene rings is 1. The second-order valence-electron chi connectivity index (χ2n) is 9.08. The number of aromatic amines is 1. The zero-order valence-electron chi connectivity index (χ0n) is 20.6. The maximum atomic E-state index is 13.2. The molecule has 8 nitrogen and oxygen atoms in total. The molecule has 0 bridgehead atoms. The molecule has 1 fully saturated rings. The van der Waals surface area contributed by atoms with Crippen LogP contribution in [-0.4, -0.2) is 52.9 Å². The number of ether oxygens (including phenoxy) is 2. The molecule has 0 spiro atoms. The van der Waals surface area contributed by atoms with Crippen LogP contribution >= 0.6 is 0 Å². The van der Waals surface area contributed by atoms with Crippen LogP contribution in [0.5, 0.6) is 0 Å². The molecule has 0 radical (unpaired) electrons. The van der Waals surface area contributed by atoms with Crippen LogP contribution < -0.4 is 5.32 Å². The van der Waals surface area contributed by atoms with Crippen LogP contribution in [0.4, 0.5) is 5.69 Å². The van der Waals surface area contributed by atoms with Crippen molar-refractivity contribution in [1.82, 2.24) is 14.9 Å². The molecule has 2 aliphatic rings. The lowest BCUT2D eigenvalue weighted by Gasteiger charge is -2.16. The van der Waals surface area contributed by atoms with Gasteiger partial charge in [0.05, 0.1) is 6.61 Å². The SMILES string of the molecule is CCOC(=O)C1=C(Nc2ccc(CCN3CCCC3)cc2C)OC(=Cc2c[nH]c3ncccc23)C1=O. The van der Waals surface area contributed by atoms with Crippen molar-refractivity contribution in [2.24, 2.45) is 0 Å². The van der Waals surface area contributed by atoms with E-state index in [4.69, 9.17) is 9.47 Å². The smallest absolute Gasteiger partial charge is 0.347 e. The molecule has 8 heteroatoms. The predicted octanol–water partition coefficient (Wildman–Crippen LogP) is 4.34. The van der Waals surface area contributed by atoms with Gasteiger partial charge >= 0.3 is 5.97 Å². The fraction of sp³-hybridized carbons (Fsp3) is 0.321. The molecule has 0 amide bonds. The number of likely N-dealkylation sites (tertiary alicyclic amines) is 1. The summed E-state index contributed by atoms with van der Waals surface area (Å²) in [5, 5.41) is 4.01. The highest BCUT2D eigenvalue weighted by atomic mass is 16.5. The van der Waals surface area contributed by atoms with E-state index < -0.39 is 11.8 Å². The highest BCUT2D eigenvalue weighted by Crippen LogP contribution is 2.31. The molecule has 1 aromatic carbocycles. The van der Waals surface area contributed by atoms with Gasteiger partial charge in [-0.15, -0.1) is 0 Å². The minimum Gasteiger partial charge on any atom is -0.462 e. The van der Waals surface area contributed by atoms with Crippen molar-refractivity contribution in [2.75, 3.05) is 31.6 Å². The molecule has 4 heterocycles. The number of pyridine rings is 1. The van der Waals surface area contributed by atoms with Crippen LogP contribution in [0.1, 0.15) is 36.5 Å². The first kappa shape index (κ1) is 23.8. The second-order valence-corrected chi connectivity index (χ2v) is 9.08. The normalized spacial score (nSPS) is 17.3. The molecular weight excluding hydrogens is 456 g/mol. The Labute approximate surface area is 210 Å². The van der Waals surface area contributed by atoms with Crippen LogP contribution in [-0.2, 0) is 25.5 Å². The molecule has 2 N–H and O–H groups in total. The van der Waals surface area contributed by atoms with Gasteiger partial charge in [-0.3, -0.25) is 4.79 Å². The zero-order valence-corrected chi connectivity index (χ0v) is 20.6. The number of H-pyrrole nitrogens is 1. The van der Waals surface area contributed by atoms with Crippen molar-refractivity contribution in [3.63, 3.8) is 0 Å². The van der Waals surface area contributed by atoms with Crippen LogP contribution in [0.25, 0.3) is 17.1 Å². The van der Waals surface area contributed by atoms with Crippen molar-refractivity contribution >= 4 is 34.5 Å². The number of aromatic nitrogens is 2. The number of ketones is 1. The lowest BCUT2D eigenvalue weighted by atomic mass is 10.1. The number of aryl methyl sites for hydroxylation is 1. The standard InChI is InChI=1S/C28H30N4O4/c1-3-35-28(34)24-25(33)23(16-20-17-30-26-21(20)7-6-11-29-26)36-27(24)31-22-9-8-19(15-18(22)2)10-14-32-12-4-5-13-32/h6-9,11,15-17,31H,3-5,10,12-14H2,1-2H3,(H,29,30). The summed E-state index contributed by atoms with van der Waals surface area (Å²) in [7, 11) is 0. The number of rotatable bonds is 8. The average molecular weight is 487 g/mol. The number of hydrogen-bond acceptors (Lipinski definition) is 7. The first-order chi connectivity index (χ1) is 17.5. The molecule has 3 aromatic rings. The van der Waals surface area contributed by atoms with Crippen molar-refractivity contribution in [1.29, 1.82) is 0 Å². The monoisotopic (exact) mass is 486 g/mol. The van der Waals surface area contributed by atoms with E-state index in [0.29, 0.717) is 5.65 Å². The third-order valence-corrected chi connectivity index (χ3v) is 6.59. The lowest BCUT2D eigenvalue weighted by molar-refractivity contribution is -0.139. The van der Waals surface area contributed by atoms with Gasteiger partial charge in [0, 0.05) is 35.6 Å². The Bertz CT molecular complexity index is 1360. The molecule has 0 aliphatic carbocycles. The molecule has 186 valence electrons. The Kier molecular flexibility index (Phi) is 6.86. The summed E-state index contributed by atoms with van der Waals surface area (Å²) in [5.74, 6) is -1.11. The molecule has 2 aromatic heterocycles. The fourth-order valence-corrected chi connectivity index (χ4v) is 4.68. The Balaban J connectivity index is 1.38. The van der Waals surface area contributed by atoms with Crippen molar-refractivity contribution in [2.45, 2.75) is 33.1 Å². The van der Waals surface area contributed by atoms with Crippen molar-refractivity contribution in [3.05, 3.63) is 76.6 Å². The van der Waals surface area contributed by atoms with E-state index in [1.54, 1.807) is 25.4 Å². The number of esters is 1. The molecule has 36 heavy (non-hydrogen) atoms. The third kappa shape index (κ3) is 4.90. The van der Waals surface area contributed by atoms with Crippen LogP contribution in [0, 0.1) is 6.92 Å². The van der Waals surface area contributed by atoms with Gasteiger partial charge in [0.15, 0.2) is 11.3 Å². The molecule has 0 saturated carbocycles. The summed E-state index contributed by atoms with van der Waals surface area (Å²) in [6.07, 6.45) is 8.61. The van der Waals surface area contributed by atoms with Gasteiger partial charge in [0.1, 0.15) is 5.65 Å². The number of nitrogens with one attached hydrogen (secondary N) is 2. The molecule has 5 rings (SSSR count). The average Bonchev–Trinajstić information content (AvgIpc) is 3.60. The summed E-state index contributed by atoms with van der Waals surface area (Å²) in [4.78, 5) is 35.8. The van der Waals surface area contributed by atoms with Crippen molar-refractivity contribution < 1.29 is 19.1 Å². The Morgan fingerprint density at radius 1 is 1.28 bits per heavy atom. The molecule has 0 atom stereocenters. The van der Waals surface area contributed by atoms with Gasteiger partial charge in [-0.05, 0) is 81.6 Å². The van der Waals surface area contributed by atoms with Gasteiger partial charge in [-0.25, -0.2) is 9.78 Å². The van der Waals surface area contributed by atoms with E-state index >= 15 is 0 Å². The number of fused-ring (bicyclic) bond motifs is 1. The topological polar surface area (TPSA) is 96.6 Å². The minimum atomic E-state index is -0.714. The third-order valence-electron chi connectivity index (χ3n) is 6.59. The maximum Gasteiger partial charge on any atom is 0.347 e. The van der Waals surface area contributed by atoms with Crippen LogP contribution in [0.2, 0.25) is 0 Å². The van der Waals surface area contributed by atoms with Crippen LogP contribution in [0.3, 0.4) is 0 Å². The number of Topliss-reactive ketones (excluding diaryl/α,β-unsaturated/α-hetero) is 1. The quantitative estimate of drug-likeness (QED) is 0.278. The summed E-state index contributed by atoms with van der Waals surface area (Å²) in [5.41, 5.74) is 4.32. The number of allylic oxidation sites excluding steroid dienone is 1. The molecular formula is C28H30N4O4. The van der Waals surface area contributed by atoms with Gasteiger partial charge in [-0.1, -0.05) is 12.1 Å². The lowest BCUT2D eigenvalue weighted by Crippen LogP contribution is -2.21. The van der Waals surface area contributed by atoms with E-state index in [0.717, 1.165) is 35.2 Å². The number of nitrogens with zero attached hydrogens (tertiary/aromatic N) is 2.